The molecule has 0 unspecified atom stereocenters. The van der Waals surface area contributed by atoms with Gasteiger partial charge in [-0.1, -0.05) is 121 Å². The Morgan fingerprint density at radius 2 is 0.930 bits per heavy atom. The molecule has 200 valence electrons. The second-order valence-corrected chi connectivity index (χ2v) is 11.0. The minimum Gasteiger partial charge on any atom is -0.455 e. The van der Waals surface area contributed by atoms with Crippen LogP contribution in [0.1, 0.15) is 0 Å². The van der Waals surface area contributed by atoms with Crippen LogP contribution < -0.4 is 0 Å². The van der Waals surface area contributed by atoms with E-state index in [0.29, 0.717) is 5.82 Å². The van der Waals surface area contributed by atoms with Gasteiger partial charge in [0.25, 0.3) is 0 Å². The van der Waals surface area contributed by atoms with Crippen molar-refractivity contribution in [2.45, 2.75) is 0 Å². The lowest BCUT2D eigenvalue weighted by Gasteiger charge is -2.13. The van der Waals surface area contributed by atoms with E-state index in [9.17, 15) is 0 Å². The number of nitrogens with zero attached hydrogens (tertiary/aromatic N) is 2. The van der Waals surface area contributed by atoms with E-state index in [0.717, 1.165) is 55.4 Å². The Morgan fingerprint density at radius 1 is 0.372 bits per heavy atom. The maximum absolute atomic E-state index is 6.55. The Kier molecular flexibility index (Phi) is 5.20. The van der Waals surface area contributed by atoms with Crippen LogP contribution in [-0.4, -0.2) is 9.97 Å². The molecule has 0 aliphatic heterocycles. The van der Waals surface area contributed by atoms with Gasteiger partial charge in [0.05, 0.1) is 11.4 Å². The Bertz CT molecular complexity index is 2440. The Balaban J connectivity index is 1.35. The van der Waals surface area contributed by atoms with Crippen LogP contribution in [-0.2, 0) is 0 Å². The van der Waals surface area contributed by atoms with Crippen molar-refractivity contribution in [3.8, 4) is 33.9 Å². The number of hydrogen-bond acceptors (Lipinski definition) is 3. The van der Waals surface area contributed by atoms with Gasteiger partial charge in [0, 0.05) is 32.8 Å². The second-order valence-electron chi connectivity index (χ2n) is 11.0. The molecule has 0 fully saturated rings. The van der Waals surface area contributed by atoms with Crippen LogP contribution in [0.25, 0.3) is 88.2 Å². The predicted octanol–water partition coefficient (Wildman–Crippen LogP) is 10.8. The van der Waals surface area contributed by atoms with Crippen molar-refractivity contribution in [3.63, 3.8) is 0 Å². The molecule has 2 aromatic heterocycles. The fraction of sp³-hybridized carbons (Fsp3) is 0. The van der Waals surface area contributed by atoms with E-state index in [1.165, 1.54) is 26.9 Å². The van der Waals surface area contributed by atoms with Gasteiger partial charge in [-0.3, -0.25) is 0 Å². The van der Waals surface area contributed by atoms with Gasteiger partial charge in [0.1, 0.15) is 11.2 Å². The number of hydrogen-bond donors (Lipinski definition) is 0. The van der Waals surface area contributed by atoms with Crippen LogP contribution in [0.4, 0.5) is 0 Å². The molecule has 7 aromatic carbocycles. The van der Waals surface area contributed by atoms with Gasteiger partial charge < -0.3 is 4.42 Å². The van der Waals surface area contributed by atoms with Gasteiger partial charge in [-0.25, -0.2) is 9.97 Å². The number of benzene rings is 7. The van der Waals surface area contributed by atoms with Gasteiger partial charge in [0.15, 0.2) is 5.82 Å². The van der Waals surface area contributed by atoms with Crippen molar-refractivity contribution in [2.24, 2.45) is 0 Å². The molecule has 0 atom stereocenters. The molecule has 0 radical (unpaired) electrons. The molecule has 0 saturated carbocycles. The van der Waals surface area contributed by atoms with Crippen molar-refractivity contribution < 1.29 is 4.42 Å². The van der Waals surface area contributed by atoms with Crippen LogP contribution in [0.15, 0.2) is 150 Å². The zero-order chi connectivity index (χ0) is 28.3. The summed E-state index contributed by atoms with van der Waals surface area (Å²) >= 11 is 0. The summed E-state index contributed by atoms with van der Waals surface area (Å²) < 4.78 is 6.55. The van der Waals surface area contributed by atoms with Crippen LogP contribution >= 0.6 is 0 Å². The summed E-state index contributed by atoms with van der Waals surface area (Å²) in [5, 5.41) is 9.39. The Hall–Kier alpha value is -5.80. The van der Waals surface area contributed by atoms with Gasteiger partial charge >= 0.3 is 0 Å². The first-order valence-electron chi connectivity index (χ1n) is 14.5. The topological polar surface area (TPSA) is 38.9 Å². The number of rotatable bonds is 3. The van der Waals surface area contributed by atoms with Gasteiger partial charge in [-0.2, -0.15) is 0 Å². The van der Waals surface area contributed by atoms with Crippen molar-refractivity contribution in [3.05, 3.63) is 146 Å². The zero-order valence-electron chi connectivity index (χ0n) is 23.2. The SMILES string of the molecule is c1ccc(-c2cc(-c3ccc4c(c3)c3ccccc3c3ccc5c6ccccc6oc5c34)nc(-c3ccccc3)n2)cc1. The second kappa shape index (κ2) is 9.37. The molecule has 0 saturated heterocycles. The fourth-order valence-electron chi connectivity index (χ4n) is 6.45. The normalized spacial score (nSPS) is 11.7. The van der Waals surface area contributed by atoms with Crippen molar-refractivity contribution in [1.82, 2.24) is 9.97 Å². The van der Waals surface area contributed by atoms with E-state index < -0.39 is 0 Å². The number of aromatic nitrogens is 2. The molecule has 9 aromatic rings. The monoisotopic (exact) mass is 548 g/mol. The summed E-state index contributed by atoms with van der Waals surface area (Å²) in [4.78, 5) is 10.1. The molecular formula is C40H24N2O. The van der Waals surface area contributed by atoms with E-state index in [-0.39, 0.29) is 0 Å². The Labute approximate surface area is 247 Å². The maximum atomic E-state index is 6.55. The molecule has 3 nitrogen and oxygen atoms in total. The van der Waals surface area contributed by atoms with E-state index in [2.05, 4.69) is 97.1 Å². The zero-order valence-corrected chi connectivity index (χ0v) is 23.2. The molecule has 0 amide bonds. The quantitative estimate of drug-likeness (QED) is 0.206. The number of fused-ring (bicyclic) bond motifs is 10. The third-order valence-corrected chi connectivity index (χ3v) is 8.47. The summed E-state index contributed by atoms with van der Waals surface area (Å²) in [6.07, 6.45) is 0. The van der Waals surface area contributed by atoms with E-state index in [1.54, 1.807) is 0 Å². The average Bonchev–Trinajstić information content (AvgIpc) is 3.47. The van der Waals surface area contributed by atoms with Crippen LogP contribution in [0.3, 0.4) is 0 Å². The predicted molar refractivity (Wildman–Crippen MR) is 178 cm³/mol. The minimum absolute atomic E-state index is 0.712. The van der Waals surface area contributed by atoms with Crippen molar-refractivity contribution in [1.29, 1.82) is 0 Å². The third-order valence-electron chi connectivity index (χ3n) is 8.47. The largest absolute Gasteiger partial charge is 0.455 e. The summed E-state index contributed by atoms with van der Waals surface area (Å²) in [5.41, 5.74) is 6.73. The number of furan rings is 1. The summed E-state index contributed by atoms with van der Waals surface area (Å²) in [6.45, 7) is 0. The number of para-hydroxylation sites is 1. The molecule has 0 bridgehead atoms. The smallest absolute Gasteiger partial charge is 0.160 e. The molecule has 3 heteroatoms. The highest BCUT2D eigenvalue weighted by molar-refractivity contribution is 6.32. The minimum atomic E-state index is 0.712. The first-order valence-corrected chi connectivity index (χ1v) is 14.5. The van der Waals surface area contributed by atoms with Gasteiger partial charge in [-0.05, 0) is 51.2 Å². The first-order chi connectivity index (χ1) is 21.3. The van der Waals surface area contributed by atoms with Crippen LogP contribution in [0.5, 0.6) is 0 Å². The lowest BCUT2D eigenvalue weighted by molar-refractivity contribution is 0.673. The molecule has 0 spiro atoms. The lowest BCUT2D eigenvalue weighted by atomic mass is 9.91. The van der Waals surface area contributed by atoms with Gasteiger partial charge in [0.2, 0.25) is 0 Å². The molecule has 2 heterocycles. The fourth-order valence-corrected chi connectivity index (χ4v) is 6.45. The molecule has 0 N–H and O–H groups in total. The summed E-state index contributed by atoms with van der Waals surface area (Å²) in [5.74, 6) is 0.712. The molecule has 0 aliphatic carbocycles. The molecule has 43 heavy (non-hydrogen) atoms. The summed E-state index contributed by atoms with van der Waals surface area (Å²) in [6, 6.07) is 50.7. The Morgan fingerprint density at radius 3 is 1.70 bits per heavy atom. The first kappa shape index (κ1) is 23.9. The highest BCUT2D eigenvalue weighted by Gasteiger charge is 2.17. The van der Waals surface area contributed by atoms with Crippen molar-refractivity contribution in [2.75, 3.05) is 0 Å². The molecular weight excluding hydrogens is 524 g/mol. The maximum Gasteiger partial charge on any atom is 0.160 e. The van der Waals surface area contributed by atoms with E-state index in [4.69, 9.17) is 14.4 Å². The third kappa shape index (κ3) is 3.75. The van der Waals surface area contributed by atoms with Crippen molar-refractivity contribution >= 4 is 54.3 Å². The van der Waals surface area contributed by atoms with Crippen LogP contribution in [0, 0.1) is 0 Å². The molecule has 0 aliphatic rings. The van der Waals surface area contributed by atoms with E-state index in [1.807, 2.05) is 48.5 Å². The molecule has 9 rings (SSSR count). The average molecular weight is 549 g/mol. The van der Waals surface area contributed by atoms with Crippen LogP contribution in [0.2, 0.25) is 0 Å². The standard InChI is InChI=1S/C40H24N2O/c1-3-11-25(12-4-1)35-24-36(42-40(41-35)26-13-5-2-6-14-26)27-19-20-32-34(23-27)29-16-8-7-15-28(29)31-21-22-33-30-17-9-10-18-37(30)43-39(33)38(31)32/h1-24H. The lowest BCUT2D eigenvalue weighted by Crippen LogP contribution is -1.96. The van der Waals surface area contributed by atoms with E-state index >= 15 is 0 Å². The van der Waals surface area contributed by atoms with Gasteiger partial charge in [-0.15, -0.1) is 0 Å². The highest BCUT2D eigenvalue weighted by atomic mass is 16.3. The summed E-state index contributed by atoms with van der Waals surface area (Å²) in [7, 11) is 0. The highest BCUT2D eigenvalue weighted by Crippen LogP contribution is 2.43.